The average molecular weight is 464 g/mol. The van der Waals surface area contributed by atoms with Gasteiger partial charge in [0.2, 0.25) is 5.91 Å². The number of hydrogen-bond donors (Lipinski definition) is 3. The summed E-state index contributed by atoms with van der Waals surface area (Å²) >= 11 is 0. The number of ether oxygens (including phenoxy) is 2. The van der Waals surface area contributed by atoms with Crippen LogP contribution in [0.1, 0.15) is 25.3 Å². The maximum Gasteiger partial charge on any atom is 0.221 e. The highest BCUT2D eigenvalue weighted by Gasteiger charge is 2.06. The second-order valence-electron chi connectivity index (χ2n) is 5.13. The minimum absolute atomic E-state index is 0. The third-order valence-electron chi connectivity index (χ3n) is 3.38. The van der Waals surface area contributed by atoms with Crippen molar-refractivity contribution in [1.82, 2.24) is 16.0 Å². The van der Waals surface area contributed by atoms with Gasteiger partial charge in [-0.15, -0.1) is 24.0 Å². The number of methoxy groups -OCH3 is 2. The Morgan fingerprint density at radius 2 is 1.88 bits per heavy atom. The van der Waals surface area contributed by atoms with Crippen LogP contribution in [0.15, 0.2) is 23.2 Å². The predicted molar refractivity (Wildman–Crippen MR) is 111 cm³/mol. The Kier molecular flexibility index (Phi) is 12.6. The third-order valence-corrected chi connectivity index (χ3v) is 3.38. The molecule has 8 heteroatoms. The summed E-state index contributed by atoms with van der Waals surface area (Å²) in [4.78, 5) is 15.7. The molecule has 0 aliphatic carbocycles. The molecule has 0 bridgehead atoms. The molecule has 1 aromatic carbocycles. The first-order valence-electron chi connectivity index (χ1n) is 8.06. The molecule has 0 aromatic heterocycles. The number of rotatable bonds is 9. The molecule has 0 saturated heterocycles. The van der Waals surface area contributed by atoms with E-state index in [2.05, 4.69) is 20.9 Å². The Morgan fingerprint density at radius 1 is 1.12 bits per heavy atom. The van der Waals surface area contributed by atoms with E-state index < -0.39 is 0 Å². The van der Waals surface area contributed by atoms with Crippen LogP contribution in [0.5, 0.6) is 11.5 Å². The van der Waals surface area contributed by atoms with Gasteiger partial charge in [-0.25, -0.2) is 0 Å². The molecule has 1 aromatic rings. The highest BCUT2D eigenvalue weighted by Crippen LogP contribution is 2.24. The summed E-state index contributed by atoms with van der Waals surface area (Å²) < 4.78 is 10.6. The van der Waals surface area contributed by atoms with E-state index >= 15 is 0 Å². The van der Waals surface area contributed by atoms with Crippen LogP contribution < -0.4 is 25.4 Å². The lowest BCUT2D eigenvalue weighted by Crippen LogP contribution is -2.39. The van der Waals surface area contributed by atoms with Gasteiger partial charge in [0.15, 0.2) is 5.96 Å². The van der Waals surface area contributed by atoms with Crippen molar-refractivity contribution in [2.75, 3.05) is 34.4 Å². The van der Waals surface area contributed by atoms with Gasteiger partial charge in [-0.3, -0.25) is 9.79 Å². The lowest BCUT2D eigenvalue weighted by Gasteiger charge is -2.14. The SMILES string of the molecule is CCCNC(=O)CCNC(=NC)NCc1ccc(OC)cc1OC.I. The molecule has 142 valence electrons. The van der Waals surface area contributed by atoms with Crippen LogP contribution in [0.3, 0.4) is 0 Å². The maximum atomic E-state index is 11.6. The summed E-state index contributed by atoms with van der Waals surface area (Å²) in [6.07, 6.45) is 1.35. The first-order chi connectivity index (χ1) is 11.6. The van der Waals surface area contributed by atoms with Crippen molar-refractivity contribution in [3.8, 4) is 11.5 Å². The quantitative estimate of drug-likeness (QED) is 0.296. The van der Waals surface area contributed by atoms with E-state index in [0.29, 0.717) is 32.0 Å². The van der Waals surface area contributed by atoms with Crippen LogP contribution in [-0.2, 0) is 11.3 Å². The molecule has 0 aliphatic heterocycles. The van der Waals surface area contributed by atoms with Crippen molar-refractivity contribution in [1.29, 1.82) is 0 Å². The average Bonchev–Trinajstić information content (AvgIpc) is 2.62. The van der Waals surface area contributed by atoms with Crippen LogP contribution in [0.25, 0.3) is 0 Å². The van der Waals surface area contributed by atoms with E-state index in [9.17, 15) is 4.79 Å². The van der Waals surface area contributed by atoms with E-state index in [1.165, 1.54) is 0 Å². The van der Waals surface area contributed by atoms with E-state index in [1.54, 1.807) is 21.3 Å². The van der Waals surface area contributed by atoms with Gasteiger partial charge in [-0.1, -0.05) is 6.92 Å². The number of halogens is 1. The van der Waals surface area contributed by atoms with Crippen LogP contribution in [-0.4, -0.2) is 46.2 Å². The zero-order chi connectivity index (χ0) is 17.8. The Bertz CT molecular complexity index is 553. The van der Waals surface area contributed by atoms with Crippen LogP contribution in [0, 0.1) is 0 Å². The van der Waals surface area contributed by atoms with Crippen molar-refractivity contribution >= 4 is 35.8 Å². The van der Waals surface area contributed by atoms with E-state index in [4.69, 9.17) is 9.47 Å². The molecule has 0 radical (unpaired) electrons. The summed E-state index contributed by atoms with van der Waals surface area (Å²) in [6, 6.07) is 5.66. The van der Waals surface area contributed by atoms with Gasteiger partial charge in [0.1, 0.15) is 11.5 Å². The number of nitrogens with one attached hydrogen (secondary N) is 3. The molecule has 3 N–H and O–H groups in total. The molecule has 0 fully saturated rings. The molecular weight excluding hydrogens is 435 g/mol. The maximum absolute atomic E-state index is 11.6. The van der Waals surface area contributed by atoms with E-state index in [1.807, 2.05) is 25.1 Å². The Labute approximate surface area is 167 Å². The summed E-state index contributed by atoms with van der Waals surface area (Å²) in [6.45, 7) is 3.81. The third kappa shape index (κ3) is 8.80. The van der Waals surface area contributed by atoms with Gasteiger partial charge in [-0.2, -0.15) is 0 Å². The van der Waals surface area contributed by atoms with Crippen molar-refractivity contribution in [2.45, 2.75) is 26.3 Å². The van der Waals surface area contributed by atoms with Crippen LogP contribution in [0.2, 0.25) is 0 Å². The van der Waals surface area contributed by atoms with Gasteiger partial charge in [0.25, 0.3) is 0 Å². The zero-order valence-electron chi connectivity index (χ0n) is 15.3. The Morgan fingerprint density at radius 3 is 2.48 bits per heavy atom. The van der Waals surface area contributed by atoms with Gasteiger partial charge in [0.05, 0.1) is 14.2 Å². The number of aliphatic imine (C=N–C) groups is 1. The smallest absolute Gasteiger partial charge is 0.221 e. The van der Waals surface area contributed by atoms with Crippen molar-refractivity contribution in [3.05, 3.63) is 23.8 Å². The molecule has 1 rings (SSSR count). The lowest BCUT2D eigenvalue weighted by molar-refractivity contribution is -0.120. The van der Waals surface area contributed by atoms with Crippen molar-refractivity contribution in [3.63, 3.8) is 0 Å². The van der Waals surface area contributed by atoms with Gasteiger partial charge in [-0.05, 0) is 18.6 Å². The largest absolute Gasteiger partial charge is 0.497 e. The first-order valence-corrected chi connectivity index (χ1v) is 8.06. The van der Waals surface area contributed by atoms with Gasteiger partial charge < -0.3 is 25.4 Å². The summed E-state index contributed by atoms with van der Waals surface area (Å²) in [5, 5.41) is 9.16. The predicted octanol–water partition coefficient (Wildman–Crippen LogP) is 1.90. The topological polar surface area (TPSA) is 84.0 Å². The molecule has 0 heterocycles. The van der Waals surface area contributed by atoms with Crippen LogP contribution in [0.4, 0.5) is 0 Å². The Hall–Kier alpha value is -1.71. The molecule has 25 heavy (non-hydrogen) atoms. The second-order valence-corrected chi connectivity index (χ2v) is 5.13. The number of carbonyl (C=O) groups is 1. The Balaban J connectivity index is 0.00000576. The lowest BCUT2D eigenvalue weighted by atomic mass is 10.2. The highest BCUT2D eigenvalue weighted by molar-refractivity contribution is 14.0. The molecule has 0 saturated carbocycles. The van der Waals surface area contributed by atoms with Gasteiger partial charge >= 0.3 is 0 Å². The molecule has 7 nitrogen and oxygen atoms in total. The number of nitrogens with zero attached hydrogens (tertiary/aromatic N) is 1. The number of carbonyl (C=O) groups excluding carboxylic acids is 1. The summed E-state index contributed by atoms with van der Waals surface area (Å²) in [5.41, 5.74) is 0.988. The second kappa shape index (κ2) is 13.6. The minimum Gasteiger partial charge on any atom is -0.497 e. The standard InChI is InChI=1S/C17H28N4O3.HI/c1-5-9-19-16(22)8-10-20-17(18-2)21-12-13-6-7-14(23-3)11-15(13)24-4;/h6-7,11H,5,8-10,12H2,1-4H3,(H,19,22)(H2,18,20,21);1H. The van der Waals surface area contributed by atoms with E-state index in [0.717, 1.165) is 23.5 Å². The van der Waals surface area contributed by atoms with E-state index in [-0.39, 0.29) is 29.9 Å². The van der Waals surface area contributed by atoms with Crippen molar-refractivity contribution < 1.29 is 14.3 Å². The summed E-state index contributed by atoms with van der Waals surface area (Å²) in [5.74, 6) is 2.17. The molecule has 0 unspecified atom stereocenters. The number of amides is 1. The first kappa shape index (κ1) is 23.3. The minimum atomic E-state index is 0. The monoisotopic (exact) mass is 464 g/mol. The fourth-order valence-electron chi connectivity index (χ4n) is 2.04. The van der Waals surface area contributed by atoms with Crippen molar-refractivity contribution in [2.24, 2.45) is 4.99 Å². The molecule has 0 aliphatic rings. The van der Waals surface area contributed by atoms with Crippen LogP contribution >= 0.6 is 24.0 Å². The fraction of sp³-hybridized carbons (Fsp3) is 0.529. The normalized spacial score (nSPS) is 10.5. The molecule has 0 spiro atoms. The molecular formula is C17H29IN4O3. The zero-order valence-corrected chi connectivity index (χ0v) is 17.7. The number of guanidine groups is 1. The number of hydrogen-bond acceptors (Lipinski definition) is 4. The summed E-state index contributed by atoms with van der Waals surface area (Å²) in [7, 11) is 4.94. The fourth-order valence-corrected chi connectivity index (χ4v) is 2.04. The number of benzene rings is 1. The van der Waals surface area contributed by atoms with Gasteiger partial charge in [0, 0.05) is 44.7 Å². The molecule has 1 amide bonds. The molecule has 0 atom stereocenters. The highest BCUT2D eigenvalue weighted by atomic mass is 127.